The molecule has 0 aliphatic heterocycles. The predicted octanol–water partition coefficient (Wildman–Crippen LogP) is 4.28. The summed E-state index contributed by atoms with van der Waals surface area (Å²) in [6.45, 7) is 0.342. The molecule has 0 radical (unpaired) electrons. The van der Waals surface area contributed by atoms with E-state index in [9.17, 15) is 9.18 Å². The van der Waals surface area contributed by atoms with Crippen LogP contribution < -0.4 is 15.8 Å². The summed E-state index contributed by atoms with van der Waals surface area (Å²) in [7, 11) is 0. The van der Waals surface area contributed by atoms with Gasteiger partial charge in [-0.05, 0) is 49.1 Å². The molecule has 2 aromatic rings. The minimum atomic E-state index is -0.268. The Labute approximate surface area is 159 Å². The van der Waals surface area contributed by atoms with E-state index < -0.39 is 0 Å². The Hall–Kier alpha value is -2.11. The molecule has 3 N–H and O–H groups in total. The summed E-state index contributed by atoms with van der Waals surface area (Å²) < 4.78 is 18.6. The monoisotopic (exact) mass is 378 g/mol. The predicted molar refractivity (Wildman–Crippen MR) is 103 cm³/mol. The van der Waals surface area contributed by atoms with Crippen molar-refractivity contribution in [2.75, 3.05) is 5.32 Å². The summed E-state index contributed by atoms with van der Waals surface area (Å²) in [6, 6.07) is 13.6. The summed E-state index contributed by atoms with van der Waals surface area (Å²) in [6.07, 6.45) is 3.63. The second-order valence-electron chi connectivity index (χ2n) is 6.56. The number of nitrogens with one attached hydrogen (secondary N) is 1. The van der Waals surface area contributed by atoms with Gasteiger partial charge in [-0.25, -0.2) is 4.39 Å². The summed E-state index contributed by atoms with van der Waals surface area (Å²) in [5, 5.41) is 2.95. The Morgan fingerprint density at radius 3 is 2.69 bits per heavy atom. The number of amides is 1. The number of halogens is 2. The average molecular weight is 379 g/mol. The van der Waals surface area contributed by atoms with E-state index in [4.69, 9.17) is 10.5 Å². The lowest BCUT2D eigenvalue weighted by molar-refractivity contribution is -0.120. The van der Waals surface area contributed by atoms with E-state index in [0.717, 1.165) is 31.2 Å². The summed E-state index contributed by atoms with van der Waals surface area (Å²) in [5.74, 6) is 0.386. The van der Waals surface area contributed by atoms with Gasteiger partial charge in [0.05, 0.1) is 0 Å². The van der Waals surface area contributed by atoms with Crippen LogP contribution in [0.3, 0.4) is 0 Å². The van der Waals surface area contributed by atoms with Gasteiger partial charge in [0.2, 0.25) is 5.91 Å². The van der Waals surface area contributed by atoms with Crippen molar-refractivity contribution in [3.8, 4) is 5.75 Å². The fourth-order valence-electron chi connectivity index (χ4n) is 3.12. The first-order valence-electron chi connectivity index (χ1n) is 8.64. The van der Waals surface area contributed by atoms with Crippen LogP contribution in [0.5, 0.6) is 5.75 Å². The van der Waals surface area contributed by atoms with Crippen molar-refractivity contribution in [1.29, 1.82) is 0 Å². The van der Waals surface area contributed by atoms with Crippen molar-refractivity contribution in [1.82, 2.24) is 0 Å². The Bertz CT molecular complexity index is 724. The topological polar surface area (TPSA) is 64.4 Å². The highest BCUT2D eigenvalue weighted by Crippen LogP contribution is 2.25. The van der Waals surface area contributed by atoms with Gasteiger partial charge in [-0.15, -0.1) is 12.4 Å². The Morgan fingerprint density at radius 2 is 1.96 bits per heavy atom. The van der Waals surface area contributed by atoms with Gasteiger partial charge in [0.1, 0.15) is 18.2 Å². The molecule has 1 saturated carbocycles. The van der Waals surface area contributed by atoms with Gasteiger partial charge in [0.25, 0.3) is 0 Å². The van der Waals surface area contributed by atoms with E-state index in [1.807, 2.05) is 18.2 Å². The van der Waals surface area contributed by atoms with Crippen molar-refractivity contribution in [3.05, 3.63) is 59.9 Å². The summed E-state index contributed by atoms with van der Waals surface area (Å²) in [4.78, 5) is 12.4. The fraction of sp³-hybridized carbons (Fsp3) is 0.350. The maximum Gasteiger partial charge on any atom is 0.227 e. The van der Waals surface area contributed by atoms with Gasteiger partial charge in [0, 0.05) is 23.7 Å². The first kappa shape index (κ1) is 20.2. The molecule has 4 nitrogen and oxygen atoms in total. The molecule has 0 aromatic heterocycles. The van der Waals surface area contributed by atoms with Crippen LogP contribution >= 0.6 is 12.4 Å². The van der Waals surface area contributed by atoms with Gasteiger partial charge in [-0.2, -0.15) is 0 Å². The molecule has 1 aliphatic carbocycles. The van der Waals surface area contributed by atoms with Gasteiger partial charge in [0.15, 0.2) is 0 Å². The average Bonchev–Trinajstić information content (AvgIpc) is 2.61. The molecule has 26 heavy (non-hydrogen) atoms. The fourth-order valence-corrected chi connectivity index (χ4v) is 3.12. The number of rotatable bonds is 5. The van der Waals surface area contributed by atoms with E-state index in [0.29, 0.717) is 18.0 Å². The molecule has 0 saturated heterocycles. The molecule has 0 heterocycles. The zero-order valence-corrected chi connectivity index (χ0v) is 15.3. The Morgan fingerprint density at radius 1 is 1.19 bits per heavy atom. The van der Waals surface area contributed by atoms with Crippen molar-refractivity contribution in [2.24, 2.45) is 11.7 Å². The zero-order valence-electron chi connectivity index (χ0n) is 14.5. The van der Waals surface area contributed by atoms with Crippen LogP contribution in [0, 0.1) is 11.7 Å². The summed E-state index contributed by atoms with van der Waals surface area (Å²) in [5.41, 5.74) is 7.55. The highest BCUT2D eigenvalue weighted by Gasteiger charge is 2.25. The lowest BCUT2D eigenvalue weighted by Gasteiger charge is -2.25. The van der Waals surface area contributed by atoms with Crippen LogP contribution in [-0.4, -0.2) is 11.9 Å². The Balaban J connectivity index is 0.00000243. The van der Waals surface area contributed by atoms with Crippen LogP contribution in [0.4, 0.5) is 10.1 Å². The van der Waals surface area contributed by atoms with Crippen LogP contribution in [0.15, 0.2) is 48.5 Å². The minimum Gasteiger partial charge on any atom is -0.489 e. The lowest BCUT2D eigenvalue weighted by Crippen LogP contribution is -2.34. The maximum absolute atomic E-state index is 12.9. The van der Waals surface area contributed by atoms with E-state index in [2.05, 4.69) is 5.32 Å². The number of ether oxygens (including phenoxy) is 1. The molecule has 1 amide bonds. The normalized spacial score (nSPS) is 19.3. The number of carbonyl (C=O) groups excluding carboxylic acids is 1. The standard InChI is InChI=1S/C20H23FN2O2.ClH/c21-16-9-7-14(8-10-16)13-25-19-6-2-5-18(12-19)23-20(24)15-3-1-4-17(22)11-15;/h2,5-10,12,15,17H,1,3-4,11,13,22H2,(H,23,24);1H. The molecule has 2 aromatic carbocycles. The van der Waals surface area contributed by atoms with Crippen LogP contribution in [0.25, 0.3) is 0 Å². The molecule has 1 aliphatic rings. The van der Waals surface area contributed by atoms with E-state index in [-0.39, 0.29) is 36.1 Å². The first-order valence-corrected chi connectivity index (χ1v) is 8.64. The highest BCUT2D eigenvalue weighted by molar-refractivity contribution is 5.92. The van der Waals surface area contributed by atoms with Crippen molar-refractivity contribution < 1.29 is 13.9 Å². The largest absolute Gasteiger partial charge is 0.489 e. The SMILES string of the molecule is Cl.NC1CCCC(C(=O)Nc2cccc(OCc3ccc(F)cc3)c2)C1. The van der Waals surface area contributed by atoms with Crippen LogP contribution in [0.1, 0.15) is 31.2 Å². The third-order valence-corrected chi connectivity index (χ3v) is 4.51. The molecule has 140 valence electrons. The van der Waals surface area contributed by atoms with Crippen molar-refractivity contribution >= 4 is 24.0 Å². The van der Waals surface area contributed by atoms with Crippen LogP contribution in [-0.2, 0) is 11.4 Å². The molecule has 2 unspecified atom stereocenters. The van der Waals surface area contributed by atoms with Crippen molar-refractivity contribution in [2.45, 2.75) is 38.3 Å². The summed E-state index contributed by atoms with van der Waals surface area (Å²) >= 11 is 0. The molecular formula is C20H24ClFN2O2. The molecule has 0 bridgehead atoms. The smallest absolute Gasteiger partial charge is 0.227 e. The molecular weight excluding hydrogens is 355 g/mol. The maximum atomic E-state index is 12.9. The van der Waals surface area contributed by atoms with Gasteiger partial charge < -0.3 is 15.8 Å². The molecule has 1 fully saturated rings. The second kappa shape index (κ2) is 9.55. The Kier molecular flexibility index (Phi) is 7.42. The van der Waals surface area contributed by atoms with E-state index in [1.54, 1.807) is 18.2 Å². The van der Waals surface area contributed by atoms with Crippen LogP contribution in [0.2, 0.25) is 0 Å². The van der Waals surface area contributed by atoms with Gasteiger partial charge in [-0.1, -0.05) is 24.6 Å². The van der Waals surface area contributed by atoms with Gasteiger partial charge in [-0.3, -0.25) is 4.79 Å². The van der Waals surface area contributed by atoms with Gasteiger partial charge >= 0.3 is 0 Å². The molecule has 0 spiro atoms. The third kappa shape index (κ3) is 5.71. The number of anilines is 1. The van der Waals surface area contributed by atoms with E-state index in [1.165, 1.54) is 12.1 Å². The second-order valence-corrected chi connectivity index (χ2v) is 6.56. The molecule has 6 heteroatoms. The third-order valence-electron chi connectivity index (χ3n) is 4.51. The lowest BCUT2D eigenvalue weighted by atomic mass is 9.85. The number of hydrogen-bond donors (Lipinski definition) is 2. The molecule has 2 atom stereocenters. The first-order chi connectivity index (χ1) is 12.1. The highest BCUT2D eigenvalue weighted by atomic mass is 35.5. The number of hydrogen-bond acceptors (Lipinski definition) is 3. The van der Waals surface area contributed by atoms with Crippen molar-refractivity contribution in [3.63, 3.8) is 0 Å². The van der Waals surface area contributed by atoms with E-state index >= 15 is 0 Å². The quantitative estimate of drug-likeness (QED) is 0.816. The number of benzene rings is 2. The molecule has 3 rings (SSSR count). The number of carbonyl (C=O) groups is 1. The minimum absolute atomic E-state index is 0. The number of nitrogens with two attached hydrogens (primary N) is 1. The zero-order chi connectivity index (χ0) is 17.6.